The van der Waals surface area contributed by atoms with Crippen LogP contribution in [0.3, 0.4) is 0 Å². The SMILES string of the molecule is Oc1ccc(C2=NCCN2)cc1-c1cn(-c2ccc(C3=NCCN3)cc2)nn1. The molecule has 0 aliphatic carbocycles. The summed E-state index contributed by atoms with van der Waals surface area (Å²) in [6, 6.07) is 13.4. The van der Waals surface area contributed by atoms with Gasteiger partial charge in [-0.15, -0.1) is 5.10 Å². The Labute approximate surface area is 161 Å². The molecule has 0 saturated heterocycles. The number of hydrogen-bond donors (Lipinski definition) is 3. The number of phenolic OH excluding ortho intramolecular Hbond substituents is 1. The minimum Gasteiger partial charge on any atom is -0.507 e. The molecule has 0 amide bonds. The Morgan fingerprint density at radius 1 is 0.857 bits per heavy atom. The van der Waals surface area contributed by atoms with Crippen LogP contribution < -0.4 is 10.6 Å². The fourth-order valence-electron chi connectivity index (χ4n) is 3.36. The van der Waals surface area contributed by atoms with Gasteiger partial charge in [-0.05, 0) is 42.5 Å². The number of rotatable bonds is 4. The Morgan fingerprint density at radius 3 is 2.21 bits per heavy atom. The third-order valence-corrected chi connectivity index (χ3v) is 4.79. The smallest absolute Gasteiger partial charge is 0.128 e. The first-order valence-electron chi connectivity index (χ1n) is 9.21. The van der Waals surface area contributed by atoms with Crippen LogP contribution in [0.5, 0.6) is 5.75 Å². The number of aliphatic imine (C=N–C) groups is 2. The number of phenols is 1. The fourth-order valence-corrected chi connectivity index (χ4v) is 3.36. The van der Waals surface area contributed by atoms with Gasteiger partial charge in [-0.1, -0.05) is 5.21 Å². The summed E-state index contributed by atoms with van der Waals surface area (Å²) in [5.41, 5.74) is 4.09. The highest BCUT2D eigenvalue weighted by Crippen LogP contribution is 2.29. The Hall–Kier alpha value is -3.68. The number of nitrogens with zero attached hydrogens (tertiary/aromatic N) is 5. The van der Waals surface area contributed by atoms with Gasteiger partial charge in [-0.2, -0.15) is 0 Å². The van der Waals surface area contributed by atoms with Crippen LogP contribution in [0.15, 0.2) is 58.6 Å². The van der Waals surface area contributed by atoms with Gasteiger partial charge in [0.05, 0.1) is 25.0 Å². The molecule has 8 nitrogen and oxygen atoms in total. The highest BCUT2D eigenvalue weighted by Gasteiger charge is 2.15. The third-order valence-electron chi connectivity index (χ3n) is 4.79. The molecule has 0 spiro atoms. The van der Waals surface area contributed by atoms with E-state index in [4.69, 9.17) is 0 Å². The second-order valence-electron chi connectivity index (χ2n) is 6.64. The van der Waals surface area contributed by atoms with Gasteiger partial charge in [0.2, 0.25) is 0 Å². The molecule has 1 aromatic heterocycles. The van der Waals surface area contributed by atoms with Crippen molar-refractivity contribution in [2.45, 2.75) is 0 Å². The van der Waals surface area contributed by atoms with Crippen LogP contribution in [0, 0.1) is 0 Å². The molecule has 28 heavy (non-hydrogen) atoms. The van der Waals surface area contributed by atoms with Crippen molar-refractivity contribution in [3.8, 4) is 22.7 Å². The maximum atomic E-state index is 10.3. The summed E-state index contributed by atoms with van der Waals surface area (Å²) < 4.78 is 1.69. The third kappa shape index (κ3) is 2.98. The Morgan fingerprint density at radius 2 is 1.54 bits per heavy atom. The molecular formula is C20H19N7O. The summed E-state index contributed by atoms with van der Waals surface area (Å²) in [5, 5.41) is 25.3. The molecule has 5 rings (SSSR count). The van der Waals surface area contributed by atoms with Crippen LogP contribution in [0.25, 0.3) is 16.9 Å². The first-order chi connectivity index (χ1) is 13.8. The largest absolute Gasteiger partial charge is 0.507 e. The van der Waals surface area contributed by atoms with E-state index >= 15 is 0 Å². The van der Waals surface area contributed by atoms with Crippen molar-refractivity contribution in [1.29, 1.82) is 0 Å². The molecule has 0 bridgehead atoms. The first kappa shape index (κ1) is 16.5. The molecule has 140 valence electrons. The molecule has 3 heterocycles. The molecule has 0 atom stereocenters. The number of hydrogen-bond acceptors (Lipinski definition) is 7. The Bertz CT molecular complexity index is 1080. The quantitative estimate of drug-likeness (QED) is 0.641. The lowest BCUT2D eigenvalue weighted by atomic mass is 10.1. The molecule has 2 aromatic carbocycles. The maximum Gasteiger partial charge on any atom is 0.128 e. The molecule has 3 aromatic rings. The summed E-state index contributed by atoms with van der Waals surface area (Å²) in [5.74, 6) is 1.93. The van der Waals surface area contributed by atoms with Crippen LogP contribution in [0.2, 0.25) is 0 Å². The summed E-state index contributed by atoms with van der Waals surface area (Å²) in [7, 11) is 0. The lowest BCUT2D eigenvalue weighted by molar-refractivity contribution is 0.477. The van der Waals surface area contributed by atoms with Crippen molar-refractivity contribution in [3.63, 3.8) is 0 Å². The highest BCUT2D eigenvalue weighted by atomic mass is 16.3. The van der Waals surface area contributed by atoms with Gasteiger partial charge in [-0.3, -0.25) is 9.98 Å². The molecular weight excluding hydrogens is 354 g/mol. The Kier molecular flexibility index (Phi) is 4.01. The Balaban J connectivity index is 1.44. The molecule has 0 fully saturated rings. The summed E-state index contributed by atoms with van der Waals surface area (Å²) in [6.45, 7) is 3.29. The van der Waals surface area contributed by atoms with Gasteiger partial charge in [0.1, 0.15) is 23.1 Å². The topological polar surface area (TPSA) is 99.7 Å². The number of nitrogens with one attached hydrogen (secondary N) is 2. The minimum atomic E-state index is 0.162. The molecule has 0 saturated carbocycles. The number of aromatic nitrogens is 3. The predicted molar refractivity (Wildman–Crippen MR) is 107 cm³/mol. The highest BCUT2D eigenvalue weighted by molar-refractivity contribution is 6.01. The van der Waals surface area contributed by atoms with E-state index in [2.05, 4.69) is 30.9 Å². The van der Waals surface area contributed by atoms with Gasteiger partial charge < -0.3 is 15.7 Å². The summed E-state index contributed by atoms with van der Waals surface area (Å²) in [4.78, 5) is 8.86. The lowest BCUT2D eigenvalue weighted by Crippen LogP contribution is -2.19. The van der Waals surface area contributed by atoms with E-state index in [1.54, 1.807) is 10.7 Å². The standard InChI is InChI=1S/C20H19N7O/c28-18-6-3-14(20-23-9-10-24-20)11-16(18)17-12-27(26-25-17)15-4-1-13(2-5-15)19-21-7-8-22-19/h1-6,11-12,28H,7-10H2,(H,21,22)(H,23,24). The minimum absolute atomic E-state index is 0.162. The monoisotopic (exact) mass is 373 g/mol. The lowest BCUT2D eigenvalue weighted by Gasteiger charge is -2.06. The van der Waals surface area contributed by atoms with E-state index in [0.29, 0.717) is 11.3 Å². The average Bonchev–Trinajstić information content (AvgIpc) is 3.51. The van der Waals surface area contributed by atoms with Gasteiger partial charge in [0, 0.05) is 29.8 Å². The van der Waals surface area contributed by atoms with Crippen molar-refractivity contribution in [3.05, 3.63) is 59.8 Å². The zero-order chi connectivity index (χ0) is 18.9. The molecule has 0 unspecified atom stereocenters. The zero-order valence-electron chi connectivity index (χ0n) is 15.1. The van der Waals surface area contributed by atoms with Crippen molar-refractivity contribution in [2.75, 3.05) is 26.2 Å². The van der Waals surface area contributed by atoms with Crippen LogP contribution in [-0.4, -0.2) is 58.0 Å². The molecule has 8 heteroatoms. The van der Waals surface area contributed by atoms with Gasteiger partial charge in [0.15, 0.2) is 0 Å². The molecule has 3 N–H and O–H groups in total. The van der Waals surface area contributed by atoms with Gasteiger partial charge >= 0.3 is 0 Å². The van der Waals surface area contributed by atoms with E-state index < -0.39 is 0 Å². The second-order valence-corrected chi connectivity index (χ2v) is 6.64. The number of benzene rings is 2. The van der Waals surface area contributed by atoms with Crippen molar-refractivity contribution in [1.82, 2.24) is 25.6 Å². The maximum absolute atomic E-state index is 10.3. The van der Waals surface area contributed by atoms with Crippen LogP contribution >= 0.6 is 0 Å². The van der Waals surface area contributed by atoms with E-state index in [-0.39, 0.29) is 5.75 Å². The molecule has 0 radical (unpaired) electrons. The number of aromatic hydroxyl groups is 1. The van der Waals surface area contributed by atoms with Crippen molar-refractivity contribution < 1.29 is 5.11 Å². The normalized spacial score (nSPS) is 15.7. The van der Waals surface area contributed by atoms with Crippen LogP contribution in [0.4, 0.5) is 0 Å². The van der Waals surface area contributed by atoms with E-state index in [1.165, 1.54) is 0 Å². The van der Waals surface area contributed by atoms with Crippen molar-refractivity contribution >= 4 is 11.7 Å². The van der Waals surface area contributed by atoms with E-state index in [0.717, 1.165) is 54.7 Å². The summed E-state index contributed by atoms with van der Waals surface area (Å²) >= 11 is 0. The van der Waals surface area contributed by atoms with Gasteiger partial charge in [-0.25, -0.2) is 4.68 Å². The van der Waals surface area contributed by atoms with Crippen LogP contribution in [-0.2, 0) is 0 Å². The van der Waals surface area contributed by atoms with Crippen LogP contribution in [0.1, 0.15) is 11.1 Å². The summed E-state index contributed by atoms with van der Waals surface area (Å²) in [6.07, 6.45) is 1.81. The van der Waals surface area contributed by atoms with Crippen molar-refractivity contribution in [2.24, 2.45) is 9.98 Å². The molecule has 2 aliphatic rings. The zero-order valence-corrected chi connectivity index (χ0v) is 15.1. The fraction of sp³-hybridized carbons (Fsp3) is 0.200. The second kappa shape index (κ2) is 6.80. The molecule has 2 aliphatic heterocycles. The first-order valence-corrected chi connectivity index (χ1v) is 9.21. The van der Waals surface area contributed by atoms with Gasteiger partial charge in [0.25, 0.3) is 0 Å². The number of amidine groups is 2. The average molecular weight is 373 g/mol. The van der Waals surface area contributed by atoms with E-state index in [9.17, 15) is 5.11 Å². The van der Waals surface area contributed by atoms with E-state index in [1.807, 2.05) is 42.6 Å². The predicted octanol–water partition coefficient (Wildman–Crippen LogP) is 1.34.